The van der Waals surface area contributed by atoms with Gasteiger partial charge in [-0.15, -0.1) is 0 Å². The van der Waals surface area contributed by atoms with E-state index in [4.69, 9.17) is 4.43 Å². The fraction of sp³-hybridized carbons (Fsp3) is 0.917. The molecule has 0 radical (unpaired) electrons. The third-order valence-corrected chi connectivity index (χ3v) is 4.91. The van der Waals surface area contributed by atoms with E-state index in [1.165, 1.54) is 12.8 Å². The number of halogens is 2. The smallest absolute Gasteiger partial charge is 0.273 e. The van der Waals surface area contributed by atoms with Crippen molar-refractivity contribution in [3.8, 4) is 0 Å². The molecule has 0 amide bonds. The zero-order valence-electron chi connectivity index (χ0n) is 11.6. The molecule has 0 aromatic heterocycles. The van der Waals surface area contributed by atoms with Crippen LogP contribution in [0.25, 0.3) is 0 Å². The van der Waals surface area contributed by atoms with E-state index in [0.717, 1.165) is 11.7 Å². The standard InChI is InChI=1S/C12H23F2NOSSi/c1-12(15-7-11(13)14,16-18(2,3)4)9-17-8-10-5-6-10/h7,10-11H,5-6,8-9H2,1-4H3. The van der Waals surface area contributed by atoms with Gasteiger partial charge in [-0.1, -0.05) is 0 Å². The highest BCUT2D eigenvalue weighted by Crippen LogP contribution is 2.34. The molecule has 106 valence electrons. The van der Waals surface area contributed by atoms with Gasteiger partial charge in [-0.2, -0.15) is 11.8 Å². The molecule has 1 saturated carbocycles. The number of hydrogen-bond acceptors (Lipinski definition) is 3. The molecule has 1 aliphatic carbocycles. The Kier molecular flexibility index (Phi) is 5.80. The quantitative estimate of drug-likeness (QED) is 0.498. The van der Waals surface area contributed by atoms with Crippen LogP contribution in [0.15, 0.2) is 4.99 Å². The first-order chi connectivity index (χ1) is 8.20. The molecule has 0 spiro atoms. The summed E-state index contributed by atoms with van der Waals surface area (Å²) in [5, 5.41) is 0. The topological polar surface area (TPSA) is 21.6 Å². The number of thioether (sulfide) groups is 1. The number of aliphatic imine (C=N–C) groups is 1. The highest BCUT2D eigenvalue weighted by molar-refractivity contribution is 7.99. The van der Waals surface area contributed by atoms with Crippen molar-refractivity contribution in [3.05, 3.63) is 0 Å². The molecule has 6 heteroatoms. The maximum absolute atomic E-state index is 12.3. The minimum Gasteiger partial charge on any atom is -0.394 e. The van der Waals surface area contributed by atoms with Crippen LogP contribution in [-0.2, 0) is 4.43 Å². The highest BCUT2D eigenvalue weighted by atomic mass is 32.2. The second kappa shape index (κ2) is 6.48. The molecule has 18 heavy (non-hydrogen) atoms. The van der Waals surface area contributed by atoms with Gasteiger partial charge in [0, 0.05) is 5.75 Å². The Morgan fingerprint density at radius 3 is 2.50 bits per heavy atom. The normalized spacial score (nSPS) is 20.6. The summed E-state index contributed by atoms with van der Waals surface area (Å²) in [7, 11) is -1.80. The van der Waals surface area contributed by atoms with Crippen molar-refractivity contribution in [2.75, 3.05) is 11.5 Å². The molecule has 2 nitrogen and oxygen atoms in total. The van der Waals surface area contributed by atoms with Gasteiger partial charge >= 0.3 is 0 Å². The van der Waals surface area contributed by atoms with Crippen LogP contribution in [0.2, 0.25) is 19.6 Å². The molecule has 0 bridgehead atoms. The Morgan fingerprint density at radius 2 is 2.06 bits per heavy atom. The Balaban J connectivity index is 2.53. The average Bonchev–Trinajstić information content (AvgIpc) is 2.96. The minimum atomic E-state index is -2.51. The van der Waals surface area contributed by atoms with Crippen LogP contribution >= 0.6 is 11.8 Å². The summed E-state index contributed by atoms with van der Waals surface area (Å²) in [6.07, 6.45) is 0.804. The van der Waals surface area contributed by atoms with Crippen LogP contribution in [0.1, 0.15) is 19.8 Å². The summed E-state index contributed by atoms with van der Waals surface area (Å²) in [6, 6.07) is 0. The molecule has 1 aliphatic rings. The minimum absolute atomic E-state index is 0.650. The van der Waals surface area contributed by atoms with Crippen LogP contribution in [-0.4, -0.2) is 38.2 Å². The first-order valence-electron chi connectivity index (χ1n) is 6.32. The van der Waals surface area contributed by atoms with Crippen molar-refractivity contribution in [1.82, 2.24) is 0 Å². The molecular formula is C12H23F2NOSSi. The van der Waals surface area contributed by atoms with Crippen molar-refractivity contribution in [3.63, 3.8) is 0 Å². The average molecular weight is 295 g/mol. The van der Waals surface area contributed by atoms with Crippen LogP contribution < -0.4 is 0 Å². The highest BCUT2D eigenvalue weighted by Gasteiger charge is 2.32. The summed E-state index contributed by atoms with van der Waals surface area (Å²) in [5.74, 6) is 2.57. The second-order valence-electron chi connectivity index (χ2n) is 5.96. The van der Waals surface area contributed by atoms with Crippen molar-refractivity contribution in [2.45, 2.75) is 51.6 Å². The van der Waals surface area contributed by atoms with Crippen molar-refractivity contribution < 1.29 is 13.2 Å². The molecular weight excluding hydrogens is 272 g/mol. The molecule has 1 atom stereocenters. The molecule has 0 saturated heterocycles. The number of nitrogens with zero attached hydrogens (tertiary/aromatic N) is 1. The lowest BCUT2D eigenvalue weighted by molar-refractivity contribution is 0.115. The summed E-state index contributed by atoms with van der Waals surface area (Å²) in [5.41, 5.74) is -0.805. The summed E-state index contributed by atoms with van der Waals surface area (Å²) >= 11 is 1.76. The predicted molar refractivity (Wildman–Crippen MR) is 77.4 cm³/mol. The van der Waals surface area contributed by atoms with Gasteiger partial charge in [0.2, 0.25) is 0 Å². The van der Waals surface area contributed by atoms with Gasteiger partial charge in [0.15, 0.2) is 14.0 Å². The van der Waals surface area contributed by atoms with Gasteiger partial charge in [-0.3, -0.25) is 4.99 Å². The maximum Gasteiger partial charge on any atom is 0.273 e. The summed E-state index contributed by atoms with van der Waals surface area (Å²) in [4.78, 5) is 3.97. The fourth-order valence-electron chi connectivity index (χ4n) is 1.67. The third-order valence-electron chi connectivity index (χ3n) is 2.41. The van der Waals surface area contributed by atoms with Crippen LogP contribution in [0.4, 0.5) is 8.78 Å². The Labute approximate surface area is 114 Å². The van der Waals surface area contributed by atoms with Gasteiger partial charge in [0.25, 0.3) is 6.43 Å². The first-order valence-corrected chi connectivity index (χ1v) is 10.9. The lowest BCUT2D eigenvalue weighted by Gasteiger charge is -2.32. The van der Waals surface area contributed by atoms with Crippen LogP contribution in [0, 0.1) is 5.92 Å². The Morgan fingerprint density at radius 1 is 1.44 bits per heavy atom. The zero-order valence-corrected chi connectivity index (χ0v) is 13.4. The predicted octanol–water partition coefficient (Wildman–Crippen LogP) is 4.03. The van der Waals surface area contributed by atoms with Gasteiger partial charge < -0.3 is 4.43 Å². The second-order valence-corrected chi connectivity index (χ2v) is 11.4. The molecule has 0 aliphatic heterocycles. The molecule has 0 N–H and O–H groups in total. The molecule has 1 unspecified atom stereocenters. The van der Waals surface area contributed by atoms with E-state index in [9.17, 15) is 8.78 Å². The summed E-state index contributed by atoms with van der Waals surface area (Å²) in [6.45, 7) is 7.96. The maximum atomic E-state index is 12.3. The molecule has 0 aromatic carbocycles. The van der Waals surface area contributed by atoms with E-state index in [-0.39, 0.29) is 0 Å². The largest absolute Gasteiger partial charge is 0.394 e. The van der Waals surface area contributed by atoms with E-state index in [1.807, 2.05) is 6.92 Å². The number of rotatable bonds is 8. The van der Waals surface area contributed by atoms with Gasteiger partial charge in [-0.05, 0) is 51.1 Å². The number of hydrogen-bond donors (Lipinski definition) is 0. The zero-order chi connectivity index (χ0) is 13.8. The molecule has 0 aromatic rings. The monoisotopic (exact) mass is 295 g/mol. The molecule has 1 fully saturated rings. The van der Waals surface area contributed by atoms with Crippen LogP contribution in [0.3, 0.4) is 0 Å². The van der Waals surface area contributed by atoms with Gasteiger partial charge in [0.1, 0.15) is 0 Å². The first kappa shape index (κ1) is 16.1. The van der Waals surface area contributed by atoms with Gasteiger partial charge in [-0.25, -0.2) is 8.78 Å². The van der Waals surface area contributed by atoms with E-state index >= 15 is 0 Å². The van der Waals surface area contributed by atoms with Crippen molar-refractivity contribution in [2.24, 2.45) is 10.9 Å². The Hall–Kier alpha value is 0.0569. The van der Waals surface area contributed by atoms with Crippen molar-refractivity contribution >= 4 is 26.3 Å². The lowest BCUT2D eigenvalue weighted by Crippen LogP contribution is -2.41. The Bertz CT molecular complexity index is 292. The van der Waals surface area contributed by atoms with E-state index in [0.29, 0.717) is 12.0 Å². The SMILES string of the molecule is CC(CSCC1CC1)(N=CC(F)F)O[Si](C)(C)C. The fourth-order valence-corrected chi connectivity index (χ4v) is 4.51. The third kappa shape index (κ3) is 7.48. The van der Waals surface area contributed by atoms with Crippen molar-refractivity contribution in [1.29, 1.82) is 0 Å². The molecule has 1 rings (SSSR count). The lowest BCUT2D eigenvalue weighted by atomic mass is 10.3. The summed E-state index contributed by atoms with van der Waals surface area (Å²) < 4.78 is 30.5. The van der Waals surface area contributed by atoms with E-state index in [1.54, 1.807) is 11.8 Å². The number of alkyl halides is 2. The van der Waals surface area contributed by atoms with Gasteiger partial charge in [0.05, 0.1) is 6.21 Å². The van der Waals surface area contributed by atoms with Crippen LogP contribution in [0.5, 0.6) is 0 Å². The van der Waals surface area contributed by atoms with E-state index in [2.05, 4.69) is 24.6 Å². The molecule has 0 heterocycles. The van der Waals surface area contributed by atoms with E-state index < -0.39 is 20.5 Å².